The van der Waals surface area contributed by atoms with E-state index in [9.17, 15) is 35.4 Å². The van der Waals surface area contributed by atoms with Crippen LogP contribution in [-0.2, 0) is 14.3 Å². The number of rotatable bonds is 33. The summed E-state index contributed by atoms with van der Waals surface area (Å²) in [7, 11) is 0. The zero-order chi connectivity index (χ0) is 37.5. The molecule has 51 heavy (non-hydrogen) atoms. The van der Waals surface area contributed by atoms with Crippen molar-refractivity contribution < 1.29 is 44.9 Å². The molecule has 1 fully saturated rings. The van der Waals surface area contributed by atoms with Crippen LogP contribution in [0.4, 0.5) is 0 Å². The first-order chi connectivity index (χ1) is 24.8. The van der Waals surface area contributed by atoms with E-state index in [1.807, 2.05) is 12.2 Å². The Kier molecular flexibility index (Phi) is 30.0. The van der Waals surface area contributed by atoms with Gasteiger partial charge in [0.2, 0.25) is 5.91 Å². The molecule has 7 N–H and O–H groups in total. The van der Waals surface area contributed by atoms with Crippen LogP contribution in [0.5, 0.6) is 0 Å². The van der Waals surface area contributed by atoms with Crippen molar-refractivity contribution >= 4 is 5.91 Å². The Morgan fingerprint density at radius 2 is 1.16 bits per heavy atom. The molecule has 0 aromatic rings. The number of ether oxygens (including phenoxy) is 2. The first-order valence-electron chi connectivity index (χ1n) is 20.6. The third kappa shape index (κ3) is 23.1. The molecule has 8 unspecified atom stereocenters. The predicted octanol–water partition coefficient (Wildman–Crippen LogP) is 6.52. The zero-order valence-corrected chi connectivity index (χ0v) is 32.2. The van der Waals surface area contributed by atoms with Gasteiger partial charge in [0.05, 0.1) is 25.4 Å². The number of carbonyl (C=O) groups excluding carboxylic acids is 1. The van der Waals surface area contributed by atoms with Gasteiger partial charge in [-0.15, -0.1) is 0 Å². The molecule has 0 aromatic heterocycles. The van der Waals surface area contributed by atoms with Gasteiger partial charge in [0.15, 0.2) is 6.29 Å². The second kappa shape index (κ2) is 32.1. The zero-order valence-electron chi connectivity index (χ0n) is 32.2. The number of carbonyl (C=O) groups is 1. The Labute approximate surface area is 310 Å². The highest BCUT2D eigenvalue weighted by atomic mass is 16.7. The summed E-state index contributed by atoms with van der Waals surface area (Å²) in [5.41, 5.74) is 0. The number of unbranched alkanes of at least 4 members (excludes halogenated alkanes) is 19. The first kappa shape index (κ1) is 47.7. The summed E-state index contributed by atoms with van der Waals surface area (Å²) in [6, 6.07) is -0.951. The Balaban J connectivity index is 2.52. The average Bonchev–Trinajstić information content (AvgIpc) is 3.13. The lowest BCUT2D eigenvalue weighted by Crippen LogP contribution is -2.60. The van der Waals surface area contributed by atoms with Gasteiger partial charge in [-0.2, -0.15) is 0 Å². The lowest BCUT2D eigenvalue weighted by molar-refractivity contribution is -0.302. The Morgan fingerprint density at radius 1 is 0.667 bits per heavy atom. The number of allylic oxidation sites excluding steroid dienone is 3. The van der Waals surface area contributed by atoms with Crippen molar-refractivity contribution in [3.8, 4) is 0 Å². The van der Waals surface area contributed by atoms with Crippen LogP contribution < -0.4 is 5.32 Å². The van der Waals surface area contributed by atoms with Crippen molar-refractivity contribution in [1.82, 2.24) is 5.32 Å². The van der Waals surface area contributed by atoms with Crippen LogP contribution >= 0.6 is 0 Å². The molecule has 8 atom stereocenters. The number of aliphatic hydroxyl groups excluding tert-OH is 6. The predicted molar refractivity (Wildman–Crippen MR) is 204 cm³/mol. The van der Waals surface area contributed by atoms with Gasteiger partial charge in [-0.1, -0.05) is 154 Å². The van der Waals surface area contributed by atoms with E-state index >= 15 is 0 Å². The van der Waals surface area contributed by atoms with E-state index in [-0.39, 0.29) is 13.0 Å². The molecule has 0 spiro atoms. The second-order valence-electron chi connectivity index (χ2n) is 14.6. The molecule has 1 aliphatic rings. The van der Waals surface area contributed by atoms with Crippen LogP contribution in [0.2, 0.25) is 0 Å². The highest BCUT2D eigenvalue weighted by Gasteiger charge is 2.44. The minimum atomic E-state index is -1.61. The van der Waals surface area contributed by atoms with Gasteiger partial charge < -0.3 is 45.4 Å². The molecule has 0 bridgehead atoms. The number of amides is 1. The van der Waals surface area contributed by atoms with Crippen molar-refractivity contribution in [2.24, 2.45) is 0 Å². The van der Waals surface area contributed by atoms with E-state index < -0.39 is 61.5 Å². The quantitative estimate of drug-likeness (QED) is 0.0294. The molecular formula is C41H77NO9. The van der Waals surface area contributed by atoms with E-state index in [4.69, 9.17) is 9.47 Å². The van der Waals surface area contributed by atoms with Crippen molar-refractivity contribution in [2.75, 3.05) is 13.2 Å². The fourth-order valence-electron chi connectivity index (χ4n) is 6.41. The average molecular weight is 728 g/mol. The van der Waals surface area contributed by atoms with Crippen molar-refractivity contribution in [2.45, 2.75) is 217 Å². The highest BCUT2D eigenvalue weighted by Crippen LogP contribution is 2.22. The standard InChI is InChI=1S/C41H77NO9/c1-3-5-7-9-11-13-15-17-18-20-21-23-25-27-29-34(44)33(32-50-41-39(48)38(47)37(46)36(31-43)51-41)42-40(49)35(45)30-28-26-24-22-19-16-14-12-10-8-6-4-2/h18,20,25,27,33-39,41,43-48H,3-17,19,21-24,26,28-32H2,1-2H3,(H,42,49). The molecular weight excluding hydrogens is 650 g/mol. The van der Waals surface area contributed by atoms with Gasteiger partial charge in [0, 0.05) is 0 Å². The largest absolute Gasteiger partial charge is 0.394 e. The molecule has 0 aliphatic carbocycles. The molecule has 1 heterocycles. The van der Waals surface area contributed by atoms with E-state index in [2.05, 4.69) is 31.3 Å². The maximum absolute atomic E-state index is 13.0. The van der Waals surface area contributed by atoms with Crippen LogP contribution in [0.3, 0.4) is 0 Å². The summed E-state index contributed by atoms with van der Waals surface area (Å²) >= 11 is 0. The molecule has 0 radical (unpaired) electrons. The molecule has 1 aliphatic heterocycles. The maximum atomic E-state index is 13.0. The van der Waals surface area contributed by atoms with Gasteiger partial charge in [-0.05, 0) is 38.5 Å². The summed E-state index contributed by atoms with van der Waals surface area (Å²) in [4.78, 5) is 13.0. The minimum Gasteiger partial charge on any atom is -0.394 e. The lowest BCUT2D eigenvalue weighted by Gasteiger charge is -2.40. The fourth-order valence-corrected chi connectivity index (χ4v) is 6.41. The third-order valence-electron chi connectivity index (χ3n) is 9.90. The Bertz CT molecular complexity index is 870. The maximum Gasteiger partial charge on any atom is 0.249 e. The molecule has 1 saturated heterocycles. The molecule has 0 saturated carbocycles. The van der Waals surface area contributed by atoms with E-state index in [1.165, 1.54) is 96.3 Å². The van der Waals surface area contributed by atoms with E-state index in [1.54, 1.807) is 0 Å². The fraction of sp³-hybridized carbons (Fsp3) is 0.878. The SMILES string of the molecule is CCCCCCCCCC=CCCC=CCC(O)C(COC1OC(CO)C(O)C(O)C1O)NC(=O)C(O)CCCCCCCCCCCCCC. The van der Waals surface area contributed by atoms with Gasteiger partial charge in [-0.25, -0.2) is 0 Å². The van der Waals surface area contributed by atoms with Gasteiger partial charge in [-0.3, -0.25) is 4.79 Å². The molecule has 1 rings (SSSR count). The van der Waals surface area contributed by atoms with Crippen molar-refractivity contribution in [1.29, 1.82) is 0 Å². The van der Waals surface area contributed by atoms with E-state index in [0.717, 1.165) is 44.9 Å². The number of aliphatic hydroxyl groups is 6. The van der Waals surface area contributed by atoms with Crippen molar-refractivity contribution in [3.63, 3.8) is 0 Å². The smallest absolute Gasteiger partial charge is 0.249 e. The summed E-state index contributed by atoms with van der Waals surface area (Å²) < 4.78 is 11.1. The number of hydrogen-bond donors (Lipinski definition) is 7. The highest BCUT2D eigenvalue weighted by molar-refractivity contribution is 5.80. The summed E-state index contributed by atoms with van der Waals surface area (Å²) in [5.74, 6) is -0.616. The second-order valence-corrected chi connectivity index (χ2v) is 14.6. The first-order valence-corrected chi connectivity index (χ1v) is 20.6. The monoisotopic (exact) mass is 728 g/mol. The molecule has 300 valence electrons. The number of nitrogens with one attached hydrogen (secondary N) is 1. The minimum absolute atomic E-state index is 0.222. The van der Waals surface area contributed by atoms with Gasteiger partial charge in [0.1, 0.15) is 30.5 Å². The van der Waals surface area contributed by atoms with Gasteiger partial charge in [0.25, 0.3) is 0 Å². The molecule has 1 amide bonds. The number of hydrogen-bond acceptors (Lipinski definition) is 9. The van der Waals surface area contributed by atoms with Gasteiger partial charge >= 0.3 is 0 Å². The molecule has 10 heteroatoms. The van der Waals surface area contributed by atoms with E-state index in [0.29, 0.717) is 6.42 Å². The van der Waals surface area contributed by atoms with Crippen LogP contribution in [0, 0.1) is 0 Å². The third-order valence-corrected chi connectivity index (χ3v) is 9.90. The summed E-state index contributed by atoms with van der Waals surface area (Å²) in [6.07, 6.45) is 25.3. The summed E-state index contributed by atoms with van der Waals surface area (Å²) in [6.45, 7) is 3.57. The topological polar surface area (TPSA) is 169 Å². The van der Waals surface area contributed by atoms with Crippen LogP contribution in [-0.4, -0.2) is 98.7 Å². The Morgan fingerprint density at radius 3 is 1.71 bits per heavy atom. The molecule has 0 aromatic carbocycles. The Hall–Kier alpha value is -1.37. The van der Waals surface area contributed by atoms with Crippen molar-refractivity contribution in [3.05, 3.63) is 24.3 Å². The molecule has 10 nitrogen and oxygen atoms in total. The summed E-state index contributed by atoms with van der Waals surface area (Å²) in [5, 5.41) is 64.4. The normalized spacial score (nSPS) is 22.9. The lowest BCUT2D eigenvalue weighted by atomic mass is 9.99. The van der Waals surface area contributed by atoms with Crippen LogP contribution in [0.15, 0.2) is 24.3 Å². The van der Waals surface area contributed by atoms with Crippen LogP contribution in [0.1, 0.15) is 168 Å². The van der Waals surface area contributed by atoms with Crippen LogP contribution in [0.25, 0.3) is 0 Å².